The van der Waals surface area contributed by atoms with E-state index in [0.29, 0.717) is 24.9 Å². The van der Waals surface area contributed by atoms with Gasteiger partial charge in [0.15, 0.2) is 5.69 Å². The fourth-order valence-corrected chi connectivity index (χ4v) is 3.53. The number of nitrogen functional groups attached to an aromatic ring is 1. The number of halogens is 3. The summed E-state index contributed by atoms with van der Waals surface area (Å²) >= 11 is 0. The Kier molecular flexibility index (Phi) is 9.93. The van der Waals surface area contributed by atoms with Crippen LogP contribution in [0.15, 0.2) is 33.9 Å². The summed E-state index contributed by atoms with van der Waals surface area (Å²) in [6.07, 6.45) is -1.91. The number of ether oxygens (including phenoxy) is 1. The molecular formula is C23H32F3N5O4. The molecule has 3 N–H and O–H groups in total. The van der Waals surface area contributed by atoms with E-state index in [9.17, 15) is 27.6 Å². The summed E-state index contributed by atoms with van der Waals surface area (Å²) in [6.45, 7) is 4.63. The molecule has 194 valence electrons. The van der Waals surface area contributed by atoms with Gasteiger partial charge in [-0.2, -0.15) is 0 Å². The van der Waals surface area contributed by atoms with Crippen molar-refractivity contribution in [2.45, 2.75) is 59.0 Å². The smallest absolute Gasteiger partial charge is 0.406 e. The first-order chi connectivity index (χ1) is 16.5. The van der Waals surface area contributed by atoms with Crippen molar-refractivity contribution in [1.29, 1.82) is 0 Å². The molecule has 1 amide bonds. The number of unbranched alkanes of at least 4 members (excludes halogenated alkanes) is 2. The zero-order valence-corrected chi connectivity index (χ0v) is 20.2. The van der Waals surface area contributed by atoms with Crippen LogP contribution < -0.4 is 26.6 Å². The van der Waals surface area contributed by atoms with Crippen LogP contribution in [0.4, 0.5) is 24.7 Å². The van der Waals surface area contributed by atoms with E-state index in [1.807, 2.05) is 13.8 Å². The van der Waals surface area contributed by atoms with Gasteiger partial charge in [-0.1, -0.05) is 38.8 Å². The van der Waals surface area contributed by atoms with E-state index in [1.54, 1.807) is 11.9 Å². The summed E-state index contributed by atoms with van der Waals surface area (Å²) in [7, 11) is 1.67. The molecule has 0 fully saturated rings. The van der Waals surface area contributed by atoms with Crippen molar-refractivity contribution in [3.8, 4) is 5.75 Å². The molecule has 1 aromatic heterocycles. The van der Waals surface area contributed by atoms with Crippen molar-refractivity contribution >= 4 is 17.4 Å². The first-order valence-corrected chi connectivity index (χ1v) is 11.4. The van der Waals surface area contributed by atoms with E-state index in [4.69, 9.17) is 5.73 Å². The lowest BCUT2D eigenvalue weighted by Gasteiger charge is -2.26. The molecule has 35 heavy (non-hydrogen) atoms. The lowest BCUT2D eigenvalue weighted by molar-refractivity contribution is -0.274. The number of hydrogen-bond acceptors (Lipinski definition) is 6. The second-order valence-electron chi connectivity index (χ2n) is 8.26. The SMILES string of the molecule is CCCCN(C(=O)CN(C)Cc1ccc(OC(F)(F)F)cc1)c1c(N)n(CCCC)c(=O)[nH]c1=O. The minimum absolute atomic E-state index is 0.0544. The van der Waals surface area contributed by atoms with Crippen molar-refractivity contribution in [3.05, 3.63) is 50.7 Å². The number of nitrogens with one attached hydrogen (secondary N) is 1. The number of amides is 1. The number of likely N-dealkylation sites (N-methyl/N-ethyl adjacent to an activating group) is 1. The maximum atomic E-state index is 13.2. The van der Waals surface area contributed by atoms with E-state index in [2.05, 4.69) is 9.72 Å². The molecule has 0 bridgehead atoms. The third-order valence-electron chi connectivity index (χ3n) is 5.27. The van der Waals surface area contributed by atoms with E-state index >= 15 is 0 Å². The van der Waals surface area contributed by atoms with Gasteiger partial charge in [0, 0.05) is 19.6 Å². The Morgan fingerprint density at radius 1 is 1.11 bits per heavy atom. The Morgan fingerprint density at radius 2 is 1.74 bits per heavy atom. The predicted molar refractivity (Wildman–Crippen MR) is 127 cm³/mol. The number of anilines is 2. The Balaban J connectivity index is 2.22. The van der Waals surface area contributed by atoms with Crippen LogP contribution in [-0.4, -0.2) is 46.9 Å². The number of aromatic amines is 1. The highest BCUT2D eigenvalue weighted by molar-refractivity contribution is 5.96. The summed E-state index contributed by atoms with van der Waals surface area (Å²) < 4.78 is 42.1. The zero-order valence-electron chi connectivity index (χ0n) is 20.2. The molecule has 0 unspecified atom stereocenters. The summed E-state index contributed by atoms with van der Waals surface area (Å²) in [5.41, 5.74) is 5.45. The van der Waals surface area contributed by atoms with Crippen molar-refractivity contribution in [2.24, 2.45) is 0 Å². The van der Waals surface area contributed by atoms with Gasteiger partial charge < -0.3 is 15.4 Å². The van der Waals surface area contributed by atoms with Gasteiger partial charge in [0.2, 0.25) is 5.91 Å². The fraction of sp³-hybridized carbons (Fsp3) is 0.522. The molecule has 0 saturated heterocycles. The van der Waals surface area contributed by atoms with Gasteiger partial charge in [0.1, 0.15) is 11.6 Å². The maximum Gasteiger partial charge on any atom is 0.573 e. The van der Waals surface area contributed by atoms with Gasteiger partial charge in [-0.05, 0) is 37.6 Å². The predicted octanol–water partition coefficient (Wildman–Crippen LogP) is 3.08. The molecule has 12 heteroatoms. The van der Waals surface area contributed by atoms with Crippen molar-refractivity contribution < 1.29 is 22.7 Å². The molecule has 0 saturated carbocycles. The quantitative estimate of drug-likeness (QED) is 0.464. The first-order valence-electron chi connectivity index (χ1n) is 11.4. The van der Waals surface area contributed by atoms with E-state index < -0.39 is 23.5 Å². The first kappa shape index (κ1) is 28.0. The lowest BCUT2D eigenvalue weighted by atomic mass is 10.2. The average molecular weight is 500 g/mol. The van der Waals surface area contributed by atoms with Crippen molar-refractivity contribution in [1.82, 2.24) is 14.5 Å². The highest BCUT2D eigenvalue weighted by Crippen LogP contribution is 2.23. The molecule has 0 aliphatic rings. The summed E-state index contributed by atoms with van der Waals surface area (Å²) in [4.78, 5) is 43.3. The number of carbonyl (C=O) groups excluding carboxylic acids is 1. The van der Waals surface area contributed by atoms with Crippen LogP contribution in [-0.2, 0) is 17.9 Å². The molecule has 2 aromatic rings. The van der Waals surface area contributed by atoms with Gasteiger partial charge >= 0.3 is 12.1 Å². The summed E-state index contributed by atoms with van der Waals surface area (Å²) in [5, 5.41) is 0. The van der Waals surface area contributed by atoms with E-state index in [-0.39, 0.29) is 36.9 Å². The number of nitrogens with two attached hydrogens (primary N) is 1. The Morgan fingerprint density at radius 3 is 2.31 bits per heavy atom. The molecule has 0 spiro atoms. The average Bonchev–Trinajstić information content (AvgIpc) is 2.76. The monoisotopic (exact) mass is 499 g/mol. The molecule has 0 radical (unpaired) electrons. The number of carbonyl (C=O) groups is 1. The summed E-state index contributed by atoms with van der Waals surface area (Å²) in [5.74, 6) is -0.783. The Bertz CT molecular complexity index is 1100. The molecule has 1 aromatic carbocycles. The van der Waals surface area contributed by atoms with Crippen LogP contribution >= 0.6 is 0 Å². The summed E-state index contributed by atoms with van der Waals surface area (Å²) in [6, 6.07) is 5.35. The zero-order chi connectivity index (χ0) is 26.2. The molecule has 2 rings (SSSR count). The standard InChI is InChI=1S/C23H32F3N5O4/c1-4-6-12-30(19-20(27)31(13-7-5-2)22(34)28-21(19)33)18(32)15-29(3)14-16-8-10-17(11-9-16)35-23(24,25)26/h8-11H,4-7,12-15,27H2,1-3H3,(H,28,33,34). The van der Waals surface area contributed by atoms with Crippen molar-refractivity contribution in [2.75, 3.05) is 30.8 Å². The second kappa shape index (κ2) is 12.4. The molecular weight excluding hydrogens is 467 g/mol. The van der Waals surface area contributed by atoms with Crippen LogP contribution in [0.3, 0.4) is 0 Å². The van der Waals surface area contributed by atoms with Crippen molar-refractivity contribution in [3.63, 3.8) is 0 Å². The third kappa shape index (κ3) is 8.16. The van der Waals surface area contributed by atoms with Crippen LogP contribution in [0.1, 0.15) is 45.1 Å². The number of hydrogen-bond donors (Lipinski definition) is 2. The third-order valence-corrected chi connectivity index (χ3v) is 5.27. The number of rotatable bonds is 12. The minimum atomic E-state index is -4.77. The normalized spacial score (nSPS) is 11.6. The molecule has 0 aliphatic carbocycles. The number of benzene rings is 1. The number of nitrogens with zero attached hydrogens (tertiary/aromatic N) is 3. The maximum absolute atomic E-state index is 13.2. The number of H-pyrrole nitrogens is 1. The van der Waals surface area contributed by atoms with Crippen LogP contribution in [0.25, 0.3) is 0 Å². The van der Waals surface area contributed by atoms with Crippen LogP contribution in [0.2, 0.25) is 0 Å². The lowest BCUT2D eigenvalue weighted by Crippen LogP contribution is -2.45. The number of alkyl halides is 3. The van der Waals surface area contributed by atoms with Gasteiger partial charge in [-0.15, -0.1) is 13.2 Å². The fourth-order valence-electron chi connectivity index (χ4n) is 3.53. The topological polar surface area (TPSA) is 114 Å². The van der Waals surface area contributed by atoms with Gasteiger partial charge in [0.05, 0.1) is 6.54 Å². The molecule has 0 aliphatic heterocycles. The second-order valence-corrected chi connectivity index (χ2v) is 8.26. The molecule has 9 nitrogen and oxygen atoms in total. The van der Waals surface area contributed by atoms with E-state index in [1.165, 1.54) is 33.7 Å². The highest BCUT2D eigenvalue weighted by Gasteiger charge is 2.31. The Hall–Kier alpha value is -3.28. The minimum Gasteiger partial charge on any atom is -0.406 e. The van der Waals surface area contributed by atoms with Crippen LogP contribution in [0.5, 0.6) is 5.75 Å². The largest absolute Gasteiger partial charge is 0.573 e. The van der Waals surface area contributed by atoms with Gasteiger partial charge in [0.25, 0.3) is 5.56 Å². The highest BCUT2D eigenvalue weighted by atomic mass is 19.4. The van der Waals surface area contributed by atoms with Gasteiger partial charge in [-0.3, -0.25) is 24.0 Å². The number of aromatic nitrogens is 2. The Labute approximate surface area is 201 Å². The molecule has 0 atom stereocenters. The van der Waals surface area contributed by atoms with Crippen LogP contribution in [0, 0.1) is 0 Å². The van der Waals surface area contributed by atoms with Gasteiger partial charge in [-0.25, -0.2) is 4.79 Å². The van der Waals surface area contributed by atoms with E-state index in [0.717, 1.165) is 12.8 Å². The molecule has 1 heterocycles.